The van der Waals surface area contributed by atoms with E-state index in [0.29, 0.717) is 40.7 Å². The lowest BCUT2D eigenvalue weighted by Gasteiger charge is -2.30. The van der Waals surface area contributed by atoms with E-state index in [-0.39, 0.29) is 23.2 Å². The Balaban J connectivity index is 1.32. The van der Waals surface area contributed by atoms with Crippen LogP contribution in [0, 0.1) is 5.92 Å². The third kappa shape index (κ3) is 4.98. The summed E-state index contributed by atoms with van der Waals surface area (Å²) in [5, 5.41) is 4.88. The second kappa shape index (κ2) is 9.92. The summed E-state index contributed by atoms with van der Waals surface area (Å²) in [5.74, 6) is 0.502. The molecule has 1 amide bonds. The maximum atomic E-state index is 12.9. The molecule has 3 aromatic rings. The molecule has 0 saturated heterocycles. The highest BCUT2D eigenvalue weighted by Gasteiger charge is 2.31. The van der Waals surface area contributed by atoms with E-state index in [1.54, 1.807) is 18.3 Å². The van der Waals surface area contributed by atoms with Crippen LogP contribution in [0.2, 0.25) is 0 Å². The van der Waals surface area contributed by atoms with Crippen LogP contribution >= 0.6 is 34.4 Å². The Morgan fingerprint density at radius 2 is 2.06 bits per heavy atom. The molecule has 1 aliphatic carbocycles. The summed E-state index contributed by atoms with van der Waals surface area (Å²) < 4.78 is 11.2. The van der Waals surface area contributed by atoms with Gasteiger partial charge in [-0.05, 0) is 57.1 Å². The maximum absolute atomic E-state index is 12.9. The molecule has 1 atom stereocenters. The highest BCUT2D eigenvalue weighted by atomic mass is 32.2. The Labute approximate surface area is 222 Å². The van der Waals surface area contributed by atoms with Gasteiger partial charge in [0.05, 0.1) is 35.5 Å². The van der Waals surface area contributed by atoms with Crippen LogP contribution in [0.15, 0.2) is 5.16 Å². The number of hydrogen-bond acceptors (Lipinski definition) is 10. The predicted molar refractivity (Wildman–Crippen MR) is 145 cm³/mol. The van der Waals surface area contributed by atoms with Crippen molar-refractivity contribution in [1.29, 1.82) is 0 Å². The Hall–Kier alpha value is -2.21. The Morgan fingerprint density at radius 1 is 1.25 bits per heavy atom. The summed E-state index contributed by atoms with van der Waals surface area (Å²) in [6, 6.07) is 0. The quantitative estimate of drug-likeness (QED) is 0.246. The summed E-state index contributed by atoms with van der Waals surface area (Å²) in [7, 11) is 0. The van der Waals surface area contributed by atoms with Gasteiger partial charge in [0.15, 0.2) is 5.16 Å². The lowest BCUT2D eigenvalue weighted by molar-refractivity contribution is -0.113. The van der Waals surface area contributed by atoms with Gasteiger partial charge in [-0.1, -0.05) is 18.7 Å². The summed E-state index contributed by atoms with van der Waals surface area (Å²) in [6.07, 6.45) is 3.52. The van der Waals surface area contributed by atoms with Gasteiger partial charge in [-0.2, -0.15) is 0 Å². The molecule has 4 heterocycles. The van der Waals surface area contributed by atoms with E-state index >= 15 is 0 Å². The van der Waals surface area contributed by atoms with Crippen LogP contribution in [0.3, 0.4) is 0 Å². The van der Waals surface area contributed by atoms with E-state index in [2.05, 4.69) is 36.1 Å². The van der Waals surface area contributed by atoms with Gasteiger partial charge >= 0.3 is 5.97 Å². The topological polar surface area (TPSA) is 116 Å². The monoisotopic (exact) mass is 546 g/mol. The van der Waals surface area contributed by atoms with Crippen molar-refractivity contribution < 1.29 is 19.1 Å². The van der Waals surface area contributed by atoms with E-state index in [9.17, 15) is 9.59 Å². The van der Waals surface area contributed by atoms with Gasteiger partial charge in [-0.25, -0.2) is 14.8 Å². The van der Waals surface area contributed by atoms with Crippen LogP contribution in [-0.4, -0.2) is 39.8 Å². The standard InChI is InChI=1S/C25H30N4O4S3/c1-5-32-23(31)19-13-7-6-12(2)8-15(13)35-22(19)27-17(30)11-34-24-28-20(26)18-14-9-25(3,4)33-10-16(14)36-21(18)29-24/h12H,5-11H2,1-4H3,(H,27,30)(H2,26,28,29)/t12-/m1/s1. The minimum absolute atomic E-state index is 0.105. The number of amides is 1. The average molecular weight is 547 g/mol. The molecule has 3 N–H and O–H groups in total. The number of nitrogens with zero attached hydrogens (tertiary/aromatic N) is 2. The molecule has 192 valence electrons. The highest BCUT2D eigenvalue weighted by Crippen LogP contribution is 2.42. The van der Waals surface area contributed by atoms with Crippen molar-refractivity contribution in [2.75, 3.05) is 23.4 Å². The first-order valence-corrected chi connectivity index (χ1v) is 14.7. The molecule has 0 spiro atoms. The number of thiophene rings is 2. The zero-order chi connectivity index (χ0) is 25.6. The number of fused-ring (bicyclic) bond motifs is 4. The fourth-order valence-corrected chi connectivity index (χ4v) is 8.00. The van der Waals surface area contributed by atoms with Crippen LogP contribution in [0.5, 0.6) is 0 Å². The number of thioether (sulfide) groups is 1. The molecule has 2 aliphatic rings. The van der Waals surface area contributed by atoms with Gasteiger partial charge in [0.1, 0.15) is 15.6 Å². The minimum Gasteiger partial charge on any atom is -0.462 e. The van der Waals surface area contributed by atoms with E-state index in [1.807, 2.05) is 0 Å². The first-order chi connectivity index (χ1) is 17.1. The lowest BCUT2D eigenvalue weighted by atomic mass is 9.88. The number of ether oxygens (including phenoxy) is 2. The van der Waals surface area contributed by atoms with Crippen LogP contribution in [0.1, 0.15) is 65.4 Å². The number of nitrogens with one attached hydrogen (secondary N) is 1. The van der Waals surface area contributed by atoms with Crippen molar-refractivity contribution in [2.45, 2.75) is 70.7 Å². The van der Waals surface area contributed by atoms with Crippen LogP contribution < -0.4 is 11.1 Å². The molecular weight excluding hydrogens is 517 g/mol. The molecule has 0 fully saturated rings. The van der Waals surface area contributed by atoms with Gasteiger partial charge in [0.25, 0.3) is 0 Å². The molecule has 0 unspecified atom stereocenters. The SMILES string of the molecule is CCOC(=O)c1c(NC(=O)CSc2nc(N)c3c4c(sc3n2)COC(C)(C)C4)sc2c1CC[C@@H](C)C2. The molecule has 0 bridgehead atoms. The largest absolute Gasteiger partial charge is 0.462 e. The number of carbonyl (C=O) groups is 2. The summed E-state index contributed by atoms with van der Waals surface area (Å²) in [5.41, 5.74) is 8.80. The molecule has 0 radical (unpaired) electrons. The number of aromatic nitrogens is 2. The highest BCUT2D eigenvalue weighted by molar-refractivity contribution is 7.99. The fourth-order valence-electron chi connectivity index (χ4n) is 4.77. The molecular formula is C25H30N4O4S3. The van der Waals surface area contributed by atoms with Gasteiger partial charge in [-0.15, -0.1) is 22.7 Å². The number of hydrogen-bond donors (Lipinski definition) is 2. The van der Waals surface area contributed by atoms with Crippen molar-refractivity contribution in [3.05, 3.63) is 26.4 Å². The summed E-state index contributed by atoms with van der Waals surface area (Å²) in [4.78, 5) is 37.9. The molecule has 8 nitrogen and oxygen atoms in total. The second-order valence-corrected chi connectivity index (χ2v) is 13.0. The third-order valence-electron chi connectivity index (χ3n) is 6.51. The Morgan fingerprint density at radius 3 is 2.83 bits per heavy atom. The number of rotatable bonds is 6. The van der Waals surface area contributed by atoms with E-state index in [1.165, 1.54) is 28.7 Å². The first kappa shape index (κ1) is 25.4. The van der Waals surface area contributed by atoms with E-state index in [4.69, 9.17) is 15.2 Å². The van der Waals surface area contributed by atoms with Crippen molar-refractivity contribution in [3.63, 3.8) is 0 Å². The predicted octanol–water partition coefficient (Wildman–Crippen LogP) is 5.22. The molecule has 0 saturated carbocycles. The van der Waals surface area contributed by atoms with Crippen LogP contribution in [-0.2, 0) is 40.1 Å². The lowest BCUT2D eigenvalue weighted by Crippen LogP contribution is -2.31. The van der Waals surface area contributed by atoms with Crippen LogP contribution in [0.4, 0.5) is 10.8 Å². The number of nitrogen functional groups attached to an aromatic ring is 1. The number of nitrogens with two attached hydrogens (primary N) is 1. The number of anilines is 2. The van der Waals surface area contributed by atoms with Crippen molar-refractivity contribution in [1.82, 2.24) is 9.97 Å². The summed E-state index contributed by atoms with van der Waals surface area (Å²) in [6.45, 7) is 8.96. The molecule has 1 aliphatic heterocycles. The molecule has 5 rings (SSSR count). The van der Waals surface area contributed by atoms with Crippen molar-refractivity contribution >= 4 is 67.3 Å². The second-order valence-electron chi connectivity index (χ2n) is 9.91. The maximum Gasteiger partial charge on any atom is 0.341 e. The summed E-state index contributed by atoms with van der Waals surface area (Å²) >= 11 is 4.29. The van der Waals surface area contributed by atoms with Gasteiger partial charge < -0.3 is 20.5 Å². The molecule has 0 aromatic carbocycles. The van der Waals surface area contributed by atoms with E-state index in [0.717, 1.165) is 51.2 Å². The normalized spacial score (nSPS) is 18.5. The van der Waals surface area contributed by atoms with Gasteiger partial charge in [-0.3, -0.25) is 4.79 Å². The Bertz CT molecular complexity index is 1350. The Kier molecular flexibility index (Phi) is 7.01. The van der Waals surface area contributed by atoms with Gasteiger partial charge in [0, 0.05) is 16.2 Å². The van der Waals surface area contributed by atoms with Crippen molar-refractivity contribution in [2.24, 2.45) is 5.92 Å². The minimum atomic E-state index is -0.372. The van der Waals surface area contributed by atoms with E-state index < -0.39 is 0 Å². The first-order valence-electron chi connectivity index (χ1n) is 12.1. The number of carbonyl (C=O) groups excluding carboxylic acids is 2. The smallest absolute Gasteiger partial charge is 0.341 e. The zero-order valence-electron chi connectivity index (χ0n) is 20.9. The molecule has 36 heavy (non-hydrogen) atoms. The third-order valence-corrected chi connectivity index (χ3v) is 9.63. The van der Waals surface area contributed by atoms with Crippen molar-refractivity contribution in [3.8, 4) is 0 Å². The molecule has 11 heteroatoms. The van der Waals surface area contributed by atoms with Gasteiger partial charge in [0.2, 0.25) is 5.91 Å². The fraction of sp³-hybridized carbons (Fsp3) is 0.520. The molecule has 3 aromatic heterocycles. The number of esters is 1. The average Bonchev–Trinajstić information content (AvgIpc) is 3.34. The zero-order valence-corrected chi connectivity index (χ0v) is 23.3. The van der Waals surface area contributed by atoms with Crippen LogP contribution in [0.25, 0.3) is 10.2 Å².